The molecule has 2 fully saturated rings. The molecular weight excluding hydrogens is 237 g/mol. The Balaban J connectivity index is 0.000000711. The second-order valence-electron chi connectivity index (χ2n) is 4.55. The quantitative estimate of drug-likeness (QED) is 0.664. The number of likely N-dealkylation sites (N-methyl/N-ethyl adjacent to an activating group) is 2. The van der Waals surface area contributed by atoms with Crippen molar-refractivity contribution in [3.63, 3.8) is 0 Å². The average molecular weight is 263 g/mol. The number of rotatable bonds is 0. The fourth-order valence-electron chi connectivity index (χ4n) is 2.61. The molecule has 2 aliphatic heterocycles. The Morgan fingerprint density at radius 2 is 1.56 bits per heavy atom. The molecule has 0 N–H and O–H groups in total. The van der Waals surface area contributed by atoms with Crippen LogP contribution in [0.3, 0.4) is 0 Å². The smallest absolute Gasteiger partial charge is 0.0301 e. The molecule has 4 heteroatoms. The van der Waals surface area contributed by atoms with Gasteiger partial charge in [0.1, 0.15) is 0 Å². The molecule has 2 saturated heterocycles. The van der Waals surface area contributed by atoms with E-state index in [0.29, 0.717) is 5.54 Å². The fraction of sp³-hybridized carbons (Fsp3) is 1.00. The molecule has 16 heavy (non-hydrogen) atoms. The van der Waals surface area contributed by atoms with E-state index in [1.807, 2.05) is 13.8 Å². The van der Waals surface area contributed by atoms with Crippen LogP contribution in [0.5, 0.6) is 0 Å². The van der Waals surface area contributed by atoms with Crippen molar-refractivity contribution in [2.75, 3.05) is 46.8 Å². The van der Waals surface area contributed by atoms with Crippen molar-refractivity contribution in [1.29, 1.82) is 0 Å². The van der Waals surface area contributed by atoms with Crippen molar-refractivity contribution >= 4 is 0 Å². The number of hydrogen-bond donors (Lipinski definition) is 0. The van der Waals surface area contributed by atoms with Crippen LogP contribution in [0.25, 0.3) is 5.32 Å². The third-order valence-electron chi connectivity index (χ3n) is 3.66. The van der Waals surface area contributed by atoms with Gasteiger partial charge >= 0.3 is 0 Å². The summed E-state index contributed by atoms with van der Waals surface area (Å²) in [5, 5.41) is 4.44. The van der Waals surface area contributed by atoms with Crippen molar-refractivity contribution in [1.82, 2.24) is 9.80 Å². The Morgan fingerprint density at radius 1 is 1.00 bits per heavy atom. The molecule has 2 aliphatic rings. The van der Waals surface area contributed by atoms with Crippen LogP contribution in [0.2, 0.25) is 0 Å². The van der Waals surface area contributed by atoms with Crippen molar-refractivity contribution in [2.24, 2.45) is 0 Å². The van der Waals surface area contributed by atoms with Crippen LogP contribution in [-0.2, 0) is 18.6 Å². The summed E-state index contributed by atoms with van der Waals surface area (Å²) in [6.45, 7) is 9.81. The molecule has 0 unspecified atom stereocenters. The number of piperidine rings is 1. The maximum atomic E-state index is 4.44. The van der Waals surface area contributed by atoms with Gasteiger partial charge in [0.2, 0.25) is 0 Å². The molecule has 0 aromatic carbocycles. The van der Waals surface area contributed by atoms with Crippen LogP contribution < -0.4 is 0 Å². The standard InChI is InChI=1S/C10H20N3.C2H6.V/c1-12-7-8-13(2)10(9-12)3-5-11-6-4-10;1-2;/h3-9H2,1-2H3;1-2H3;/q-1;;. The predicted octanol–water partition coefficient (Wildman–Crippen LogP) is 1.79. The minimum absolute atomic E-state index is 0. The monoisotopic (exact) mass is 263 g/mol. The maximum absolute atomic E-state index is 4.44. The maximum Gasteiger partial charge on any atom is 0.0301 e. The van der Waals surface area contributed by atoms with Gasteiger partial charge in [0, 0.05) is 43.7 Å². The summed E-state index contributed by atoms with van der Waals surface area (Å²) < 4.78 is 0. The van der Waals surface area contributed by atoms with E-state index in [1.165, 1.54) is 32.5 Å². The molecule has 3 nitrogen and oxygen atoms in total. The summed E-state index contributed by atoms with van der Waals surface area (Å²) in [7, 11) is 4.51. The van der Waals surface area contributed by atoms with E-state index in [-0.39, 0.29) is 18.6 Å². The van der Waals surface area contributed by atoms with Gasteiger partial charge < -0.3 is 10.2 Å². The van der Waals surface area contributed by atoms with Gasteiger partial charge in [-0.05, 0) is 14.1 Å². The molecule has 0 bridgehead atoms. The summed E-state index contributed by atoms with van der Waals surface area (Å²) in [5.74, 6) is 0. The van der Waals surface area contributed by atoms with Crippen LogP contribution in [0.15, 0.2) is 0 Å². The van der Waals surface area contributed by atoms with E-state index >= 15 is 0 Å². The van der Waals surface area contributed by atoms with E-state index in [0.717, 1.165) is 13.1 Å². The zero-order valence-corrected chi connectivity index (χ0v) is 12.6. The molecule has 95 valence electrons. The SMILES string of the molecule is CC.CN1CCN(C)C2(CC[N-]CC2)C1.[V]. The zero-order chi connectivity index (χ0) is 11.3. The topological polar surface area (TPSA) is 20.6 Å². The van der Waals surface area contributed by atoms with E-state index in [4.69, 9.17) is 0 Å². The largest absolute Gasteiger partial charge is 0.662 e. The Labute approximate surface area is 113 Å². The van der Waals surface area contributed by atoms with Crippen LogP contribution in [-0.4, -0.2) is 62.2 Å². The Bertz CT molecular complexity index is 181. The zero-order valence-electron chi connectivity index (χ0n) is 11.2. The van der Waals surface area contributed by atoms with Gasteiger partial charge in [0.05, 0.1) is 0 Å². The fourth-order valence-corrected chi connectivity index (χ4v) is 2.61. The molecule has 2 heterocycles. The molecule has 0 atom stereocenters. The minimum atomic E-state index is 0. The number of nitrogens with zero attached hydrogens (tertiary/aromatic N) is 3. The first-order valence-electron chi connectivity index (χ1n) is 6.26. The minimum Gasteiger partial charge on any atom is -0.662 e. The van der Waals surface area contributed by atoms with Crippen molar-refractivity contribution in [2.45, 2.75) is 32.2 Å². The van der Waals surface area contributed by atoms with Gasteiger partial charge in [-0.3, -0.25) is 4.90 Å². The summed E-state index contributed by atoms with van der Waals surface area (Å²) in [4.78, 5) is 5.02. The van der Waals surface area contributed by atoms with Gasteiger partial charge in [-0.2, -0.15) is 0 Å². The molecular formula is C12H26N3V-. The second kappa shape index (κ2) is 7.73. The average Bonchev–Trinajstić information content (AvgIpc) is 2.28. The molecule has 0 amide bonds. The van der Waals surface area contributed by atoms with Crippen LogP contribution in [0, 0.1) is 0 Å². The third kappa shape index (κ3) is 3.74. The number of piperazine rings is 1. The predicted molar refractivity (Wildman–Crippen MR) is 66.5 cm³/mol. The van der Waals surface area contributed by atoms with E-state index < -0.39 is 0 Å². The summed E-state index contributed by atoms with van der Waals surface area (Å²) in [6.07, 6.45) is 2.52. The van der Waals surface area contributed by atoms with Crippen LogP contribution >= 0.6 is 0 Å². The molecule has 0 aromatic rings. The summed E-state index contributed by atoms with van der Waals surface area (Å²) in [6, 6.07) is 0. The molecule has 1 spiro atoms. The molecule has 2 rings (SSSR count). The van der Waals surface area contributed by atoms with Gasteiger partial charge in [-0.15, -0.1) is 13.1 Å². The molecule has 0 aliphatic carbocycles. The first-order chi connectivity index (χ1) is 7.23. The van der Waals surface area contributed by atoms with Gasteiger partial charge in [0.15, 0.2) is 0 Å². The second-order valence-corrected chi connectivity index (χ2v) is 4.55. The first-order valence-corrected chi connectivity index (χ1v) is 6.26. The van der Waals surface area contributed by atoms with Crippen molar-refractivity contribution in [3.05, 3.63) is 5.32 Å². The van der Waals surface area contributed by atoms with Gasteiger partial charge in [-0.1, -0.05) is 26.7 Å². The Hall–Kier alpha value is 0.464. The van der Waals surface area contributed by atoms with Crippen LogP contribution in [0.1, 0.15) is 26.7 Å². The summed E-state index contributed by atoms with van der Waals surface area (Å²) in [5.41, 5.74) is 0.453. The normalized spacial score (nSPS) is 25.5. The molecule has 1 radical (unpaired) electrons. The Kier molecular flexibility index (Phi) is 7.95. The molecule has 0 aromatic heterocycles. The Morgan fingerprint density at radius 3 is 2.12 bits per heavy atom. The van der Waals surface area contributed by atoms with Gasteiger partial charge in [-0.25, -0.2) is 0 Å². The van der Waals surface area contributed by atoms with Gasteiger partial charge in [0.25, 0.3) is 0 Å². The van der Waals surface area contributed by atoms with Crippen LogP contribution in [0.4, 0.5) is 0 Å². The van der Waals surface area contributed by atoms with Crippen molar-refractivity contribution < 1.29 is 18.6 Å². The third-order valence-corrected chi connectivity index (χ3v) is 3.66. The van der Waals surface area contributed by atoms with E-state index in [1.54, 1.807) is 0 Å². The first kappa shape index (κ1) is 16.5. The van der Waals surface area contributed by atoms with E-state index in [2.05, 4.69) is 29.2 Å². The molecule has 0 saturated carbocycles. The van der Waals surface area contributed by atoms with Crippen molar-refractivity contribution in [3.8, 4) is 0 Å². The summed E-state index contributed by atoms with van der Waals surface area (Å²) >= 11 is 0. The number of hydrogen-bond acceptors (Lipinski definition) is 2. The van der Waals surface area contributed by atoms with E-state index in [9.17, 15) is 0 Å².